The summed E-state index contributed by atoms with van der Waals surface area (Å²) >= 11 is 1.41. The lowest BCUT2D eigenvalue weighted by molar-refractivity contribution is 0.0935. The van der Waals surface area contributed by atoms with Gasteiger partial charge in [0.1, 0.15) is 16.5 Å². The van der Waals surface area contributed by atoms with E-state index in [9.17, 15) is 9.18 Å². The van der Waals surface area contributed by atoms with Gasteiger partial charge in [0.25, 0.3) is 5.91 Å². The molecule has 3 nitrogen and oxygen atoms in total. The third-order valence-corrected chi connectivity index (χ3v) is 4.37. The average molecular weight is 326 g/mol. The van der Waals surface area contributed by atoms with Crippen molar-refractivity contribution in [2.24, 2.45) is 0 Å². The summed E-state index contributed by atoms with van der Waals surface area (Å²) in [5.41, 5.74) is 1.77. The molecule has 0 fully saturated rings. The molecule has 23 heavy (non-hydrogen) atoms. The molecule has 116 valence electrons. The maximum atomic E-state index is 13.8. The van der Waals surface area contributed by atoms with Crippen molar-refractivity contribution in [2.75, 3.05) is 0 Å². The highest BCUT2D eigenvalue weighted by atomic mass is 32.1. The Balaban J connectivity index is 1.74. The fourth-order valence-electron chi connectivity index (χ4n) is 2.27. The highest BCUT2D eigenvalue weighted by Crippen LogP contribution is 2.24. The third-order valence-electron chi connectivity index (χ3n) is 3.48. The molecular weight excluding hydrogens is 311 g/mol. The summed E-state index contributed by atoms with van der Waals surface area (Å²) in [5.74, 6) is -0.636. The Hall–Kier alpha value is -2.53. The Labute approximate surface area is 137 Å². The standard InChI is InChI=1S/C18H15FN2OS/c1-12(14-9-5-6-10-15(14)19)20-17(22)16-11-23-18(21-16)13-7-3-2-4-8-13/h2-12H,1H3,(H,20,22)/t12-/m0/s1. The Kier molecular flexibility index (Phi) is 4.48. The normalized spacial score (nSPS) is 11.9. The number of thiazole rings is 1. The number of halogens is 1. The van der Waals surface area contributed by atoms with Crippen LogP contribution in [0.15, 0.2) is 60.0 Å². The third kappa shape index (κ3) is 3.46. The van der Waals surface area contributed by atoms with E-state index in [1.807, 2.05) is 30.3 Å². The molecule has 0 bridgehead atoms. The molecule has 0 aliphatic carbocycles. The van der Waals surface area contributed by atoms with Crippen LogP contribution in [0.3, 0.4) is 0 Å². The number of rotatable bonds is 4. The highest BCUT2D eigenvalue weighted by molar-refractivity contribution is 7.13. The van der Waals surface area contributed by atoms with Gasteiger partial charge in [-0.05, 0) is 13.0 Å². The van der Waals surface area contributed by atoms with Crippen molar-refractivity contribution >= 4 is 17.2 Å². The number of hydrogen-bond acceptors (Lipinski definition) is 3. The first-order valence-electron chi connectivity index (χ1n) is 7.21. The minimum Gasteiger partial charge on any atom is -0.344 e. The number of benzene rings is 2. The SMILES string of the molecule is C[C@H](NC(=O)c1csc(-c2ccccc2)n1)c1ccccc1F. The van der Waals surface area contributed by atoms with Gasteiger partial charge >= 0.3 is 0 Å². The lowest BCUT2D eigenvalue weighted by Crippen LogP contribution is -2.27. The number of nitrogens with zero attached hydrogens (tertiary/aromatic N) is 1. The zero-order valence-electron chi connectivity index (χ0n) is 12.5. The fourth-order valence-corrected chi connectivity index (χ4v) is 3.07. The molecule has 0 spiro atoms. The first kappa shape index (κ1) is 15.4. The van der Waals surface area contributed by atoms with Crippen LogP contribution in [0.5, 0.6) is 0 Å². The maximum Gasteiger partial charge on any atom is 0.271 e. The van der Waals surface area contributed by atoms with Crippen LogP contribution in [0.25, 0.3) is 10.6 Å². The van der Waals surface area contributed by atoms with Crippen LogP contribution in [-0.4, -0.2) is 10.9 Å². The van der Waals surface area contributed by atoms with Crippen molar-refractivity contribution < 1.29 is 9.18 Å². The number of carbonyl (C=O) groups excluding carboxylic acids is 1. The Bertz CT molecular complexity index is 817. The first-order chi connectivity index (χ1) is 11.1. The minimum absolute atomic E-state index is 0.306. The van der Waals surface area contributed by atoms with Gasteiger partial charge in [-0.1, -0.05) is 48.5 Å². The molecule has 3 rings (SSSR count). The number of amides is 1. The largest absolute Gasteiger partial charge is 0.344 e. The summed E-state index contributed by atoms with van der Waals surface area (Å²) in [5, 5.41) is 5.28. The quantitative estimate of drug-likeness (QED) is 0.770. The predicted molar refractivity (Wildman–Crippen MR) is 89.8 cm³/mol. The smallest absolute Gasteiger partial charge is 0.271 e. The maximum absolute atomic E-state index is 13.8. The number of nitrogens with one attached hydrogen (secondary N) is 1. The zero-order chi connectivity index (χ0) is 16.2. The second-order valence-corrected chi connectivity index (χ2v) is 5.98. The van der Waals surface area contributed by atoms with Gasteiger partial charge in [-0.25, -0.2) is 9.37 Å². The van der Waals surface area contributed by atoms with E-state index in [-0.39, 0.29) is 11.7 Å². The van der Waals surface area contributed by atoms with Gasteiger partial charge in [0.05, 0.1) is 6.04 Å². The van der Waals surface area contributed by atoms with Crippen LogP contribution in [-0.2, 0) is 0 Å². The van der Waals surface area contributed by atoms with Crippen molar-refractivity contribution in [2.45, 2.75) is 13.0 Å². The lowest BCUT2D eigenvalue weighted by atomic mass is 10.1. The molecule has 0 saturated carbocycles. The second-order valence-electron chi connectivity index (χ2n) is 5.12. The van der Waals surface area contributed by atoms with Gasteiger partial charge in [0.15, 0.2) is 0 Å². The summed E-state index contributed by atoms with van der Waals surface area (Å²) in [7, 11) is 0. The minimum atomic E-state index is -0.425. The van der Waals surface area contributed by atoms with Gasteiger partial charge in [-0.3, -0.25) is 4.79 Å². The molecular formula is C18H15FN2OS. The average Bonchev–Trinajstić information content (AvgIpc) is 3.06. The van der Waals surface area contributed by atoms with Crippen LogP contribution in [0.4, 0.5) is 4.39 Å². The highest BCUT2D eigenvalue weighted by Gasteiger charge is 2.17. The molecule has 0 saturated heterocycles. The van der Waals surface area contributed by atoms with E-state index < -0.39 is 6.04 Å². The van der Waals surface area contributed by atoms with E-state index in [2.05, 4.69) is 10.3 Å². The van der Waals surface area contributed by atoms with E-state index in [4.69, 9.17) is 0 Å². The molecule has 3 aromatic rings. The van der Waals surface area contributed by atoms with E-state index in [1.165, 1.54) is 17.4 Å². The van der Waals surface area contributed by atoms with Gasteiger partial charge in [0, 0.05) is 16.5 Å². The molecule has 1 aromatic heterocycles. The van der Waals surface area contributed by atoms with E-state index in [0.717, 1.165) is 10.6 Å². The van der Waals surface area contributed by atoms with Gasteiger partial charge < -0.3 is 5.32 Å². The predicted octanol–water partition coefficient (Wildman–Crippen LogP) is 4.44. The molecule has 0 aliphatic heterocycles. The van der Waals surface area contributed by atoms with Crippen LogP contribution in [0.1, 0.15) is 29.0 Å². The molecule has 0 unspecified atom stereocenters. The Morgan fingerprint density at radius 3 is 2.57 bits per heavy atom. The van der Waals surface area contributed by atoms with Gasteiger partial charge in [0.2, 0.25) is 0 Å². The number of aromatic nitrogens is 1. The molecule has 1 N–H and O–H groups in total. The topological polar surface area (TPSA) is 42.0 Å². The molecule has 5 heteroatoms. The van der Waals surface area contributed by atoms with E-state index in [1.54, 1.807) is 30.5 Å². The van der Waals surface area contributed by atoms with Crippen LogP contribution < -0.4 is 5.32 Å². The van der Waals surface area contributed by atoms with Crippen molar-refractivity contribution in [3.63, 3.8) is 0 Å². The summed E-state index contributed by atoms with van der Waals surface area (Å²) in [4.78, 5) is 16.7. The molecule has 1 amide bonds. The van der Waals surface area contributed by atoms with E-state index >= 15 is 0 Å². The van der Waals surface area contributed by atoms with Crippen LogP contribution in [0.2, 0.25) is 0 Å². The summed E-state index contributed by atoms with van der Waals surface area (Å²) < 4.78 is 13.8. The monoisotopic (exact) mass is 326 g/mol. The van der Waals surface area contributed by atoms with Gasteiger partial charge in [-0.2, -0.15) is 0 Å². The summed E-state index contributed by atoms with van der Waals surface area (Å²) in [6.07, 6.45) is 0. The molecule has 0 aliphatic rings. The zero-order valence-corrected chi connectivity index (χ0v) is 13.3. The fraction of sp³-hybridized carbons (Fsp3) is 0.111. The lowest BCUT2D eigenvalue weighted by Gasteiger charge is -2.14. The Morgan fingerprint density at radius 1 is 1.13 bits per heavy atom. The Morgan fingerprint density at radius 2 is 1.83 bits per heavy atom. The summed E-state index contributed by atoms with van der Waals surface area (Å²) in [6, 6.07) is 15.7. The number of carbonyl (C=O) groups is 1. The van der Waals surface area contributed by atoms with Crippen molar-refractivity contribution in [1.82, 2.24) is 10.3 Å². The van der Waals surface area contributed by atoms with Crippen LogP contribution in [0, 0.1) is 5.82 Å². The van der Waals surface area contributed by atoms with Gasteiger partial charge in [-0.15, -0.1) is 11.3 Å². The molecule has 1 heterocycles. The van der Waals surface area contributed by atoms with Crippen molar-refractivity contribution in [3.05, 3.63) is 77.1 Å². The van der Waals surface area contributed by atoms with Crippen molar-refractivity contribution in [3.8, 4) is 10.6 Å². The number of hydrogen-bond donors (Lipinski definition) is 1. The van der Waals surface area contributed by atoms with Crippen LogP contribution >= 0.6 is 11.3 Å². The van der Waals surface area contributed by atoms with E-state index in [0.29, 0.717) is 11.3 Å². The second kappa shape index (κ2) is 6.71. The van der Waals surface area contributed by atoms with Crippen molar-refractivity contribution in [1.29, 1.82) is 0 Å². The first-order valence-corrected chi connectivity index (χ1v) is 8.09. The summed E-state index contributed by atoms with van der Waals surface area (Å²) in [6.45, 7) is 1.75. The molecule has 0 radical (unpaired) electrons. The molecule has 1 atom stereocenters. The molecule has 2 aromatic carbocycles.